The number of rotatable bonds is 3. The maximum absolute atomic E-state index is 13.5. The second-order valence-corrected chi connectivity index (χ2v) is 10.0. The number of nitrogens with zero attached hydrogens (tertiary/aromatic N) is 2. The molecule has 1 fully saturated rings. The first kappa shape index (κ1) is 22.0. The van der Waals surface area contributed by atoms with Crippen LogP contribution < -0.4 is 5.32 Å². The van der Waals surface area contributed by atoms with Gasteiger partial charge in [-0.15, -0.1) is 0 Å². The zero-order valence-electron chi connectivity index (χ0n) is 16.1. The van der Waals surface area contributed by atoms with Crippen LogP contribution in [-0.4, -0.2) is 55.6 Å². The number of hydrogen-bond donors (Lipinski definition) is 1. The van der Waals surface area contributed by atoms with Crippen LogP contribution in [0.1, 0.15) is 17.9 Å². The topological polar surface area (TPSA) is 86.8 Å². The number of amides is 2. The molecule has 0 aliphatic carbocycles. The number of benzene rings is 2. The lowest BCUT2D eigenvalue weighted by atomic mass is 9.89. The summed E-state index contributed by atoms with van der Waals surface area (Å²) in [7, 11) is -3.88. The number of nitrogens with one attached hydrogen (secondary N) is 1. The van der Waals surface area contributed by atoms with Crippen LogP contribution in [0.3, 0.4) is 0 Å². The van der Waals surface area contributed by atoms with Gasteiger partial charge in [0, 0.05) is 38.3 Å². The van der Waals surface area contributed by atoms with Crippen molar-refractivity contribution in [2.24, 2.45) is 0 Å². The number of carbonyl (C=O) groups is 2. The summed E-state index contributed by atoms with van der Waals surface area (Å²) in [4.78, 5) is 26.6. The molecule has 1 atom stereocenters. The van der Waals surface area contributed by atoms with Crippen molar-refractivity contribution in [2.45, 2.75) is 17.2 Å². The molecule has 2 aromatic carbocycles. The highest BCUT2D eigenvalue weighted by Gasteiger charge is 2.37. The number of carbonyl (C=O) groups excluding carboxylic acids is 2. The molecular formula is C20H18Cl2FN3O4S. The average molecular weight is 486 g/mol. The van der Waals surface area contributed by atoms with Crippen LogP contribution >= 0.6 is 23.2 Å². The third-order valence-corrected chi connectivity index (χ3v) is 8.31. The normalized spacial score (nSPS) is 19.6. The first-order valence-corrected chi connectivity index (χ1v) is 11.7. The fraction of sp³-hybridized carbons (Fsp3) is 0.300. The molecule has 0 spiro atoms. The monoisotopic (exact) mass is 485 g/mol. The SMILES string of the molecule is O=C1CC(C(=O)N2CCN(S(=O)(=O)c3cccc(Cl)c3Cl)CC2)c2ccc(F)cc2N1. The van der Waals surface area contributed by atoms with Gasteiger partial charge in [-0.3, -0.25) is 9.59 Å². The van der Waals surface area contributed by atoms with Gasteiger partial charge >= 0.3 is 0 Å². The predicted octanol–water partition coefficient (Wildman–Crippen LogP) is 3.09. The second kappa shape index (κ2) is 8.38. The molecule has 2 aliphatic rings. The minimum Gasteiger partial charge on any atom is -0.340 e. The number of fused-ring (bicyclic) bond motifs is 1. The van der Waals surface area contributed by atoms with Gasteiger partial charge in [0.05, 0.1) is 16.0 Å². The molecule has 4 rings (SSSR count). The zero-order chi connectivity index (χ0) is 22.3. The van der Waals surface area contributed by atoms with Gasteiger partial charge in [0.1, 0.15) is 10.7 Å². The van der Waals surface area contributed by atoms with Crippen LogP contribution in [0.25, 0.3) is 0 Å². The molecule has 31 heavy (non-hydrogen) atoms. The highest BCUT2D eigenvalue weighted by Crippen LogP contribution is 2.35. The van der Waals surface area contributed by atoms with Gasteiger partial charge in [-0.05, 0) is 29.8 Å². The van der Waals surface area contributed by atoms with Crippen molar-refractivity contribution in [3.05, 3.63) is 57.8 Å². The van der Waals surface area contributed by atoms with Crippen molar-refractivity contribution in [2.75, 3.05) is 31.5 Å². The lowest BCUT2D eigenvalue weighted by molar-refractivity contribution is -0.136. The van der Waals surface area contributed by atoms with E-state index in [0.717, 1.165) is 0 Å². The Morgan fingerprint density at radius 3 is 2.52 bits per heavy atom. The number of hydrogen-bond acceptors (Lipinski definition) is 4. The molecule has 1 unspecified atom stereocenters. The molecule has 0 aromatic heterocycles. The summed E-state index contributed by atoms with van der Waals surface area (Å²) >= 11 is 12.0. The van der Waals surface area contributed by atoms with Gasteiger partial charge in [-0.2, -0.15) is 4.31 Å². The van der Waals surface area contributed by atoms with Gasteiger partial charge in [0.2, 0.25) is 21.8 Å². The van der Waals surface area contributed by atoms with Gasteiger partial charge in [-0.1, -0.05) is 35.3 Å². The van der Waals surface area contributed by atoms with E-state index in [9.17, 15) is 22.4 Å². The highest BCUT2D eigenvalue weighted by atomic mass is 35.5. The summed E-state index contributed by atoms with van der Waals surface area (Å²) in [6.45, 7) is 0.466. The molecule has 2 aliphatic heterocycles. The third kappa shape index (κ3) is 4.15. The van der Waals surface area contributed by atoms with Crippen molar-refractivity contribution < 1.29 is 22.4 Å². The molecule has 164 valence electrons. The van der Waals surface area contributed by atoms with Crippen LogP contribution in [0.15, 0.2) is 41.3 Å². The smallest absolute Gasteiger partial charge is 0.244 e. The number of piperazine rings is 1. The Kier molecular flexibility index (Phi) is 5.95. The van der Waals surface area contributed by atoms with Crippen molar-refractivity contribution in [1.82, 2.24) is 9.21 Å². The van der Waals surface area contributed by atoms with Crippen LogP contribution in [0.2, 0.25) is 10.0 Å². The Balaban J connectivity index is 1.50. The summed E-state index contributed by atoms with van der Waals surface area (Å²) in [5, 5.41) is 2.68. The molecule has 2 amide bonds. The van der Waals surface area contributed by atoms with Crippen molar-refractivity contribution in [3.8, 4) is 0 Å². The number of sulfonamides is 1. The zero-order valence-corrected chi connectivity index (χ0v) is 18.5. The van der Waals surface area contributed by atoms with Crippen LogP contribution in [0.4, 0.5) is 10.1 Å². The minimum absolute atomic E-state index is 0.0419. The molecule has 1 N–H and O–H groups in total. The Morgan fingerprint density at radius 2 is 1.81 bits per heavy atom. The Morgan fingerprint density at radius 1 is 1.10 bits per heavy atom. The summed E-state index contributed by atoms with van der Waals surface area (Å²) in [5.74, 6) is -1.91. The molecule has 11 heteroatoms. The minimum atomic E-state index is -3.88. The largest absolute Gasteiger partial charge is 0.340 e. The lowest BCUT2D eigenvalue weighted by Gasteiger charge is -2.37. The summed E-state index contributed by atoms with van der Waals surface area (Å²) < 4.78 is 40.7. The molecular weight excluding hydrogens is 468 g/mol. The van der Waals surface area contributed by atoms with Gasteiger partial charge in [0.25, 0.3) is 0 Å². The van der Waals surface area contributed by atoms with Crippen LogP contribution in [0, 0.1) is 5.82 Å². The van der Waals surface area contributed by atoms with Gasteiger partial charge in [0.15, 0.2) is 0 Å². The fourth-order valence-corrected chi connectivity index (χ4v) is 6.01. The first-order valence-electron chi connectivity index (χ1n) is 9.50. The number of halogens is 3. The van der Waals surface area contributed by atoms with E-state index in [4.69, 9.17) is 23.2 Å². The van der Waals surface area contributed by atoms with Crippen LogP contribution in [0.5, 0.6) is 0 Å². The molecule has 2 heterocycles. The van der Waals surface area contributed by atoms with Gasteiger partial charge in [-0.25, -0.2) is 12.8 Å². The second-order valence-electron chi connectivity index (χ2n) is 7.32. The van der Waals surface area contributed by atoms with E-state index in [1.165, 1.54) is 45.6 Å². The average Bonchev–Trinajstić information content (AvgIpc) is 2.74. The van der Waals surface area contributed by atoms with Crippen LogP contribution in [-0.2, 0) is 19.6 Å². The lowest BCUT2D eigenvalue weighted by Crippen LogP contribution is -2.52. The molecule has 7 nitrogen and oxygen atoms in total. The summed E-state index contributed by atoms with van der Waals surface area (Å²) in [6.07, 6.45) is -0.0475. The Labute approximate surface area is 188 Å². The first-order chi connectivity index (χ1) is 14.7. The van der Waals surface area contributed by atoms with E-state index in [0.29, 0.717) is 5.56 Å². The standard InChI is InChI=1S/C20H18Cl2FN3O4S/c21-15-2-1-3-17(19(15)22)31(29,30)26-8-6-25(7-9-26)20(28)14-11-18(27)24-16-10-12(23)4-5-13(14)16/h1-5,10,14H,6-9,11H2,(H,24,27). The highest BCUT2D eigenvalue weighted by molar-refractivity contribution is 7.89. The fourth-order valence-electron chi connectivity index (χ4n) is 3.85. The third-order valence-electron chi connectivity index (χ3n) is 5.44. The molecule has 1 saturated heterocycles. The van der Waals surface area contributed by atoms with Gasteiger partial charge < -0.3 is 10.2 Å². The molecule has 0 saturated carbocycles. The maximum Gasteiger partial charge on any atom is 0.244 e. The molecule has 2 aromatic rings. The van der Waals surface area contributed by atoms with E-state index in [1.54, 1.807) is 0 Å². The van der Waals surface area contributed by atoms with Crippen molar-refractivity contribution in [3.63, 3.8) is 0 Å². The van der Waals surface area contributed by atoms with E-state index >= 15 is 0 Å². The molecule has 0 bridgehead atoms. The van der Waals surface area contributed by atoms with E-state index in [2.05, 4.69) is 5.32 Å². The number of anilines is 1. The maximum atomic E-state index is 13.5. The summed E-state index contributed by atoms with van der Waals surface area (Å²) in [6, 6.07) is 8.33. The van der Waals surface area contributed by atoms with E-state index < -0.39 is 21.8 Å². The van der Waals surface area contributed by atoms with E-state index in [-0.39, 0.29) is 65.0 Å². The molecule has 0 radical (unpaired) electrons. The Hall–Kier alpha value is -2.20. The van der Waals surface area contributed by atoms with Crippen molar-refractivity contribution in [1.29, 1.82) is 0 Å². The Bertz CT molecular complexity index is 1170. The predicted molar refractivity (Wildman–Crippen MR) is 114 cm³/mol. The quantitative estimate of drug-likeness (QED) is 0.723. The van der Waals surface area contributed by atoms with Crippen molar-refractivity contribution >= 4 is 50.7 Å². The van der Waals surface area contributed by atoms with E-state index in [1.807, 2.05) is 0 Å². The summed E-state index contributed by atoms with van der Waals surface area (Å²) in [5.41, 5.74) is 0.832.